The molecule has 4 rings (SSSR count). The molecular weight excluding hydrogens is 306 g/mol. The highest BCUT2D eigenvalue weighted by molar-refractivity contribution is 5.76. The Kier molecular flexibility index (Phi) is 5.18. The summed E-state index contributed by atoms with van der Waals surface area (Å²) in [5, 5.41) is 2.90. The van der Waals surface area contributed by atoms with Gasteiger partial charge < -0.3 is 14.8 Å². The van der Waals surface area contributed by atoms with Crippen LogP contribution >= 0.6 is 0 Å². The van der Waals surface area contributed by atoms with E-state index in [2.05, 4.69) is 17.5 Å². The zero-order valence-corrected chi connectivity index (χ0v) is 13.8. The molecule has 1 N–H and O–H groups in total. The molecule has 0 aromatic heterocycles. The van der Waals surface area contributed by atoms with E-state index in [9.17, 15) is 9.59 Å². The van der Waals surface area contributed by atoms with E-state index in [-0.39, 0.29) is 36.4 Å². The summed E-state index contributed by atoms with van der Waals surface area (Å²) >= 11 is 0. The van der Waals surface area contributed by atoms with E-state index >= 15 is 0 Å². The average Bonchev–Trinajstić information content (AvgIpc) is 2.62. The third-order valence-electron chi connectivity index (χ3n) is 4.80. The Balaban J connectivity index is 1.62. The van der Waals surface area contributed by atoms with Crippen LogP contribution in [0.4, 0.5) is 4.79 Å². The van der Waals surface area contributed by atoms with Gasteiger partial charge in [-0.3, -0.25) is 4.79 Å². The van der Waals surface area contributed by atoms with Crippen molar-refractivity contribution in [2.75, 3.05) is 6.61 Å². The van der Waals surface area contributed by atoms with Crippen LogP contribution in [-0.2, 0) is 20.9 Å². The maximum absolute atomic E-state index is 12.3. The summed E-state index contributed by atoms with van der Waals surface area (Å²) in [6.45, 7) is 2.36. The second-order valence-corrected chi connectivity index (χ2v) is 6.30. The van der Waals surface area contributed by atoms with Gasteiger partial charge in [-0.15, -0.1) is 0 Å². The Morgan fingerprint density at radius 2 is 1.79 bits per heavy atom. The van der Waals surface area contributed by atoms with E-state index < -0.39 is 6.09 Å². The summed E-state index contributed by atoms with van der Waals surface area (Å²) in [6.07, 6.45) is 5.64. The number of ether oxygens (including phenoxy) is 2. The zero-order valence-electron chi connectivity index (χ0n) is 13.8. The highest BCUT2D eigenvalue weighted by atomic mass is 16.5. The lowest BCUT2D eigenvalue weighted by Gasteiger charge is -2.43. The minimum atomic E-state index is -0.487. The molecule has 1 aromatic carbocycles. The molecule has 1 amide bonds. The highest BCUT2D eigenvalue weighted by Gasteiger charge is 2.46. The van der Waals surface area contributed by atoms with Crippen molar-refractivity contribution in [1.82, 2.24) is 5.32 Å². The molecule has 128 valence electrons. The Bertz CT molecular complexity index is 613. The summed E-state index contributed by atoms with van der Waals surface area (Å²) in [6, 6.07) is 9.27. The highest BCUT2D eigenvalue weighted by Crippen LogP contribution is 2.41. The first-order valence-corrected chi connectivity index (χ1v) is 8.51. The SMILES string of the molecule is CCOC(=O)C1C(NC(=O)OCc2ccccc2)[C@H]2C=C[C@@H]1CC2. The standard InChI is InChI=1S/C19H23NO4/c1-2-23-18(21)16-14-8-10-15(11-9-14)17(16)20-19(22)24-12-13-6-4-3-5-7-13/h3-8,10,14-17H,2,9,11-12H2,1H3,(H,20,22)/t14-,15+,16?,17?/m1/s1. The number of hydrogen-bond donors (Lipinski definition) is 1. The smallest absolute Gasteiger partial charge is 0.407 e. The molecule has 2 unspecified atom stereocenters. The average molecular weight is 329 g/mol. The quantitative estimate of drug-likeness (QED) is 0.666. The molecule has 1 fully saturated rings. The fraction of sp³-hybridized carbons (Fsp3) is 0.474. The Labute approximate surface area is 142 Å². The van der Waals surface area contributed by atoms with Gasteiger partial charge in [0.2, 0.25) is 0 Å². The normalized spacial score (nSPS) is 27.5. The Hall–Kier alpha value is -2.30. The van der Waals surface area contributed by atoms with Crippen LogP contribution in [0.2, 0.25) is 0 Å². The second kappa shape index (κ2) is 7.51. The van der Waals surface area contributed by atoms with Crippen LogP contribution in [0.1, 0.15) is 25.3 Å². The predicted molar refractivity (Wildman–Crippen MR) is 89.0 cm³/mol. The molecule has 1 aromatic rings. The van der Waals surface area contributed by atoms with Gasteiger partial charge in [0.25, 0.3) is 0 Å². The fourth-order valence-corrected chi connectivity index (χ4v) is 3.65. The van der Waals surface area contributed by atoms with Crippen molar-refractivity contribution in [2.45, 2.75) is 32.4 Å². The van der Waals surface area contributed by atoms with Crippen molar-refractivity contribution in [1.29, 1.82) is 0 Å². The van der Waals surface area contributed by atoms with Gasteiger partial charge in [-0.05, 0) is 37.2 Å². The number of benzene rings is 1. The predicted octanol–water partition coefficient (Wildman–Crippen LogP) is 3.06. The van der Waals surface area contributed by atoms with Crippen molar-refractivity contribution in [3.8, 4) is 0 Å². The molecule has 4 atom stereocenters. The van der Waals surface area contributed by atoms with E-state index in [4.69, 9.17) is 9.47 Å². The monoisotopic (exact) mass is 329 g/mol. The second-order valence-electron chi connectivity index (χ2n) is 6.30. The first kappa shape index (κ1) is 16.6. The van der Waals surface area contributed by atoms with Crippen LogP contribution < -0.4 is 5.32 Å². The van der Waals surface area contributed by atoms with E-state index in [1.54, 1.807) is 6.92 Å². The largest absolute Gasteiger partial charge is 0.466 e. The first-order valence-electron chi connectivity index (χ1n) is 8.51. The maximum Gasteiger partial charge on any atom is 0.407 e. The van der Waals surface area contributed by atoms with Crippen LogP contribution in [0, 0.1) is 17.8 Å². The van der Waals surface area contributed by atoms with E-state index in [1.165, 1.54) is 0 Å². The topological polar surface area (TPSA) is 64.6 Å². The van der Waals surface area contributed by atoms with Crippen LogP contribution in [0.3, 0.4) is 0 Å². The van der Waals surface area contributed by atoms with Gasteiger partial charge in [-0.25, -0.2) is 4.79 Å². The van der Waals surface area contributed by atoms with Crippen LogP contribution in [-0.4, -0.2) is 24.7 Å². The van der Waals surface area contributed by atoms with Crippen LogP contribution in [0.15, 0.2) is 42.5 Å². The number of allylic oxidation sites excluding steroid dienone is 1. The van der Waals surface area contributed by atoms with Gasteiger partial charge in [0.1, 0.15) is 6.61 Å². The van der Waals surface area contributed by atoms with Crippen LogP contribution in [0.5, 0.6) is 0 Å². The van der Waals surface area contributed by atoms with Gasteiger partial charge in [0, 0.05) is 0 Å². The van der Waals surface area contributed by atoms with Crippen molar-refractivity contribution >= 4 is 12.1 Å². The number of fused-ring (bicyclic) bond motifs is 2. The maximum atomic E-state index is 12.3. The van der Waals surface area contributed by atoms with Crippen molar-refractivity contribution in [2.24, 2.45) is 17.8 Å². The Morgan fingerprint density at radius 1 is 1.08 bits per heavy atom. The minimum absolute atomic E-state index is 0.133. The molecule has 0 spiro atoms. The van der Waals surface area contributed by atoms with Crippen LogP contribution in [0.25, 0.3) is 0 Å². The summed E-state index contributed by atoms with van der Waals surface area (Å²) in [4.78, 5) is 24.5. The number of nitrogens with one attached hydrogen (secondary N) is 1. The molecule has 24 heavy (non-hydrogen) atoms. The molecule has 3 aliphatic rings. The lowest BCUT2D eigenvalue weighted by atomic mass is 9.66. The number of amides is 1. The number of hydrogen-bond acceptors (Lipinski definition) is 4. The summed E-state index contributed by atoms with van der Waals surface area (Å²) < 4.78 is 10.5. The lowest BCUT2D eigenvalue weighted by Crippen LogP contribution is -2.54. The van der Waals surface area contributed by atoms with Crippen molar-refractivity contribution in [3.05, 3.63) is 48.0 Å². The third-order valence-corrected chi connectivity index (χ3v) is 4.80. The molecule has 0 radical (unpaired) electrons. The van der Waals surface area contributed by atoms with Gasteiger partial charge in [-0.1, -0.05) is 42.5 Å². The van der Waals surface area contributed by atoms with Crippen molar-refractivity contribution < 1.29 is 19.1 Å². The molecule has 3 aliphatic carbocycles. The minimum Gasteiger partial charge on any atom is -0.466 e. The lowest BCUT2D eigenvalue weighted by molar-refractivity contribution is -0.152. The molecular formula is C19H23NO4. The molecule has 0 heterocycles. The van der Waals surface area contributed by atoms with Gasteiger partial charge in [0.05, 0.1) is 18.6 Å². The first-order chi connectivity index (χ1) is 11.7. The van der Waals surface area contributed by atoms with E-state index in [0.717, 1.165) is 18.4 Å². The van der Waals surface area contributed by atoms with Gasteiger partial charge in [0.15, 0.2) is 0 Å². The number of alkyl carbamates (subject to hydrolysis) is 1. The fourth-order valence-electron chi connectivity index (χ4n) is 3.65. The molecule has 0 saturated heterocycles. The van der Waals surface area contributed by atoms with Gasteiger partial charge >= 0.3 is 12.1 Å². The summed E-state index contributed by atoms with van der Waals surface area (Å²) in [5.41, 5.74) is 0.930. The molecule has 1 saturated carbocycles. The number of rotatable bonds is 5. The van der Waals surface area contributed by atoms with E-state index in [1.807, 2.05) is 30.3 Å². The number of esters is 1. The number of carbonyl (C=O) groups is 2. The summed E-state index contributed by atoms with van der Waals surface area (Å²) in [5.74, 6) is -0.259. The van der Waals surface area contributed by atoms with Crippen molar-refractivity contribution in [3.63, 3.8) is 0 Å². The molecule has 2 bridgehead atoms. The van der Waals surface area contributed by atoms with E-state index in [0.29, 0.717) is 6.61 Å². The van der Waals surface area contributed by atoms with Gasteiger partial charge in [-0.2, -0.15) is 0 Å². The third kappa shape index (κ3) is 3.61. The Morgan fingerprint density at radius 3 is 2.46 bits per heavy atom. The molecule has 5 nitrogen and oxygen atoms in total. The summed E-state index contributed by atoms with van der Waals surface area (Å²) in [7, 11) is 0. The molecule has 0 aliphatic heterocycles. The molecule has 5 heteroatoms. The number of carbonyl (C=O) groups excluding carboxylic acids is 2. The zero-order chi connectivity index (χ0) is 16.9.